The smallest absolute Gasteiger partial charge is 0.401 e. The Kier molecular flexibility index (Phi) is 7.22. The summed E-state index contributed by atoms with van der Waals surface area (Å²) in [4.78, 5) is 15.4. The molecule has 5 nitrogen and oxygen atoms in total. The van der Waals surface area contributed by atoms with Crippen LogP contribution in [0.3, 0.4) is 0 Å². The van der Waals surface area contributed by atoms with Gasteiger partial charge in [0.25, 0.3) is 0 Å². The van der Waals surface area contributed by atoms with Crippen LogP contribution in [0.15, 0.2) is 29.0 Å². The maximum absolute atomic E-state index is 13.5. The van der Waals surface area contributed by atoms with Crippen LogP contribution in [-0.4, -0.2) is 42.8 Å². The first-order valence-corrected chi connectivity index (χ1v) is 10.9. The number of ketones is 1. The molecule has 0 aromatic heterocycles. The Balaban J connectivity index is 2.05. The van der Waals surface area contributed by atoms with Gasteiger partial charge in [-0.1, -0.05) is 12.5 Å². The zero-order valence-electron chi connectivity index (χ0n) is 18.8. The van der Waals surface area contributed by atoms with Crippen LogP contribution >= 0.6 is 0 Å². The molecule has 1 atom stereocenters. The van der Waals surface area contributed by atoms with Crippen molar-refractivity contribution in [3.8, 4) is 5.75 Å². The number of phenols is 1. The lowest BCUT2D eigenvalue weighted by atomic mass is 9.74. The third-order valence-corrected chi connectivity index (χ3v) is 6.33. The topological polar surface area (TPSA) is 72.8 Å². The molecule has 0 spiro atoms. The van der Waals surface area contributed by atoms with E-state index in [9.17, 15) is 28.2 Å². The second-order valence-corrected chi connectivity index (χ2v) is 8.94. The van der Waals surface area contributed by atoms with Crippen molar-refractivity contribution in [3.05, 3.63) is 45.7 Å². The number of benzene rings is 1. The monoisotopic (exact) mass is 452 g/mol. The molecule has 3 N–H and O–H groups in total. The standard InChI is InChI=1S/C24H31F3N2O3/c1-14-6-4-5-7-15-10-18-19(29(2)3)11-16(12-28-13-24(25,26)27)22(31)21(18)23(32)17(15)8-9-20(14)30/h8,11,15,28,30-31H,4-7,9-10,12-13H2,1-3H3/b17-8+,20-14+. The van der Waals surface area contributed by atoms with Crippen LogP contribution in [0.1, 0.15) is 60.5 Å². The minimum absolute atomic E-state index is 0.0199. The molecule has 1 aromatic carbocycles. The van der Waals surface area contributed by atoms with Gasteiger partial charge in [-0.25, -0.2) is 0 Å². The molecule has 2 aliphatic carbocycles. The van der Waals surface area contributed by atoms with Gasteiger partial charge in [0.15, 0.2) is 5.78 Å². The summed E-state index contributed by atoms with van der Waals surface area (Å²) in [5, 5.41) is 23.5. The zero-order valence-corrected chi connectivity index (χ0v) is 18.8. The van der Waals surface area contributed by atoms with Crippen molar-refractivity contribution in [1.82, 2.24) is 5.32 Å². The molecule has 0 heterocycles. The number of aliphatic hydroxyl groups excluding tert-OH is 1. The minimum Gasteiger partial charge on any atom is -0.512 e. The van der Waals surface area contributed by atoms with Crippen LogP contribution in [0.2, 0.25) is 0 Å². The molecule has 0 saturated carbocycles. The van der Waals surface area contributed by atoms with Crippen molar-refractivity contribution in [1.29, 1.82) is 0 Å². The lowest BCUT2D eigenvalue weighted by Crippen LogP contribution is -2.30. The summed E-state index contributed by atoms with van der Waals surface area (Å²) in [5.41, 5.74) is 3.36. The molecule has 1 unspecified atom stereocenters. The third kappa shape index (κ3) is 5.28. The predicted octanol–water partition coefficient (Wildman–Crippen LogP) is 5.19. The average molecular weight is 453 g/mol. The summed E-state index contributed by atoms with van der Waals surface area (Å²) in [6.45, 7) is 0.491. The molecule has 8 heteroatoms. The van der Waals surface area contributed by atoms with E-state index in [1.54, 1.807) is 12.1 Å². The van der Waals surface area contributed by atoms with E-state index in [0.717, 1.165) is 42.5 Å². The molecule has 32 heavy (non-hydrogen) atoms. The van der Waals surface area contributed by atoms with Gasteiger partial charge in [0.05, 0.1) is 17.9 Å². The number of halogens is 3. The number of nitrogens with zero attached hydrogens (tertiary/aromatic N) is 1. The van der Waals surface area contributed by atoms with Crippen LogP contribution in [0.25, 0.3) is 0 Å². The molecular formula is C24H31F3N2O3. The Hall–Kier alpha value is -2.48. The number of carbonyl (C=O) groups excluding carboxylic acids is 1. The SMILES string of the molecule is C/C1=C(\O)C/C=C2/C(=O)c3c(O)c(CNCC(F)(F)F)cc(N(C)C)c3CC2CCCC1. The van der Waals surface area contributed by atoms with E-state index in [0.29, 0.717) is 12.0 Å². The quantitative estimate of drug-likeness (QED) is 0.587. The highest BCUT2D eigenvalue weighted by atomic mass is 19.4. The minimum atomic E-state index is -4.37. The van der Waals surface area contributed by atoms with Crippen molar-refractivity contribution in [2.45, 2.75) is 58.2 Å². The first-order valence-electron chi connectivity index (χ1n) is 10.9. The van der Waals surface area contributed by atoms with Crippen LogP contribution in [0.5, 0.6) is 5.75 Å². The number of nitrogens with one attached hydrogen (secondary N) is 1. The summed E-state index contributed by atoms with van der Waals surface area (Å²) in [5.74, 6) is -0.327. The number of hydrogen-bond acceptors (Lipinski definition) is 5. The van der Waals surface area contributed by atoms with Gasteiger partial charge in [-0.2, -0.15) is 13.2 Å². The second-order valence-electron chi connectivity index (χ2n) is 8.94. The number of anilines is 1. The first kappa shape index (κ1) is 24.2. The van der Waals surface area contributed by atoms with Crippen LogP contribution in [-0.2, 0) is 13.0 Å². The number of fused-ring (bicyclic) bond motifs is 2. The van der Waals surface area contributed by atoms with Gasteiger partial charge < -0.3 is 20.4 Å². The highest BCUT2D eigenvalue weighted by Gasteiger charge is 2.35. The van der Waals surface area contributed by atoms with Crippen LogP contribution in [0, 0.1) is 5.92 Å². The van der Waals surface area contributed by atoms with E-state index < -0.39 is 12.7 Å². The van der Waals surface area contributed by atoms with Gasteiger partial charge in [-0.15, -0.1) is 0 Å². The highest BCUT2D eigenvalue weighted by Crippen LogP contribution is 2.43. The van der Waals surface area contributed by atoms with Gasteiger partial charge in [0.1, 0.15) is 5.75 Å². The first-order chi connectivity index (χ1) is 15.0. The molecule has 176 valence electrons. The van der Waals surface area contributed by atoms with Gasteiger partial charge in [-0.3, -0.25) is 4.79 Å². The number of aliphatic hydroxyl groups is 1. The maximum atomic E-state index is 13.5. The number of aromatic hydroxyl groups is 1. The van der Waals surface area contributed by atoms with Crippen molar-refractivity contribution in [2.75, 3.05) is 25.5 Å². The molecule has 3 rings (SSSR count). The maximum Gasteiger partial charge on any atom is 0.401 e. The molecule has 0 saturated heterocycles. The van der Waals surface area contributed by atoms with Gasteiger partial charge in [0.2, 0.25) is 0 Å². The number of Topliss-reactive ketones (excluding diaryl/α,β-unsaturated/α-hetero) is 1. The van der Waals surface area contributed by atoms with Crippen LogP contribution in [0.4, 0.5) is 18.9 Å². The largest absolute Gasteiger partial charge is 0.512 e. The van der Waals surface area contributed by atoms with E-state index in [4.69, 9.17) is 0 Å². The lowest BCUT2D eigenvalue weighted by Gasteiger charge is -2.32. The number of rotatable bonds is 4. The van der Waals surface area contributed by atoms with E-state index in [1.165, 1.54) is 0 Å². The summed E-state index contributed by atoms with van der Waals surface area (Å²) in [6, 6.07) is 1.66. The number of carbonyl (C=O) groups is 1. The molecule has 0 aliphatic heterocycles. The molecule has 0 fully saturated rings. The fourth-order valence-electron chi connectivity index (χ4n) is 4.59. The number of allylic oxidation sites excluding steroid dienone is 3. The summed E-state index contributed by atoms with van der Waals surface area (Å²) in [7, 11) is 3.63. The summed E-state index contributed by atoms with van der Waals surface area (Å²) >= 11 is 0. The zero-order chi connectivity index (χ0) is 23.6. The Bertz CT molecular complexity index is 949. The normalized spacial score (nSPS) is 23.8. The molecule has 1 aromatic rings. The number of phenolic OH excluding ortho intramolecular Hbond substituents is 1. The molecule has 2 aliphatic rings. The van der Waals surface area contributed by atoms with Gasteiger partial charge in [0, 0.05) is 43.9 Å². The number of hydrogen-bond donors (Lipinski definition) is 3. The van der Waals surface area contributed by atoms with Crippen molar-refractivity contribution in [2.24, 2.45) is 5.92 Å². The Morgan fingerprint density at radius 2 is 1.94 bits per heavy atom. The van der Waals surface area contributed by atoms with Gasteiger partial charge >= 0.3 is 6.18 Å². The van der Waals surface area contributed by atoms with Crippen molar-refractivity contribution in [3.63, 3.8) is 0 Å². The molecule has 0 amide bonds. The van der Waals surface area contributed by atoms with Crippen molar-refractivity contribution >= 4 is 11.5 Å². The Labute approximate surface area is 186 Å². The van der Waals surface area contributed by atoms with Gasteiger partial charge in [-0.05, 0) is 55.7 Å². The van der Waals surface area contributed by atoms with E-state index >= 15 is 0 Å². The predicted molar refractivity (Wildman–Crippen MR) is 118 cm³/mol. The second kappa shape index (κ2) is 9.57. The molecular weight excluding hydrogens is 421 g/mol. The Morgan fingerprint density at radius 1 is 1.22 bits per heavy atom. The lowest BCUT2D eigenvalue weighted by molar-refractivity contribution is -0.125. The molecule has 0 bridgehead atoms. The van der Waals surface area contributed by atoms with Crippen molar-refractivity contribution < 1.29 is 28.2 Å². The summed E-state index contributed by atoms with van der Waals surface area (Å²) in [6.07, 6.45) is 1.70. The highest BCUT2D eigenvalue weighted by molar-refractivity contribution is 6.14. The average Bonchev–Trinajstić information content (AvgIpc) is 2.70. The summed E-state index contributed by atoms with van der Waals surface area (Å²) < 4.78 is 37.7. The van der Waals surface area contributed by atoms with Crippen LogP contribution < -0.4 is 10.2 Å². The Morgan fingerprint density at radius 3 is 2.59 bits per heavy atom. The fraction of sp³-hybridized carbons (Fsp3) is 0.542. The third-order valence-electron chi connectivity index (χ3n) is 6.33. The van der Waals surface area contributed by atoms with E-state index in [1.807, 2.05) is 25.9 Å². The van der Waals surface area contributed by atoms with E-state index in [2.05, 4.69) is 5.32 Å². The molecule has 0 radical (unpaired) electrons. The fourth-order valence-corrected chi connectivity index (χ4v) is 4.59. The number of alkyl halides is 3. The van der Waals surface area contributed by atoms with E-state index in [-0.39, 0.29) is 47.3 Å².